The highest BCUT2D eigenvalue weighted by molar-refractivity contribution is 4.75. The molecule has 0 aliphatic rings. The number of unbranched alkanes of at least 4 members (excludes halogenated alkanes) is 1. The molecule has 0 radical (unpaired) electrons. The van der Waals surface area contributed by atoms with Gasteiger partial charge in [-0.2, -0.15) is 0 Å². The molecule has 0 spiro atoms. The molecule has 0 heterocycles. The summed E-state index contributed by atoms with van der Waals surface area (Å²) in [6, 6.07) is 0. The van der Waals surface area contributed by atoms with E-state index in [1.54, 1.807) is 0 Å². The highest BCUT2D eigenvalue weighted by Gasteiger charge is 1.75. The Hall–Kier alpha value is -0.750. The topological polar surface area (TPSA) is 12.0 Å². The zero-order valence-corrected chi connectivity index (χ0v) is 5.65. The molecular weight excluding hydrogens is 117 g/mol. The van der Waals surface area contributed by atoms with E-state index in [1.165, 1.54) is 6.20 Å². The van der Waals surface area contributed by atoms with Gasteiger partial charge in [-0.3, -0.25) is 0 Å². The van der Waals surface area contributed by atoms with Crippen LogP contribution in [0.2, 0.25) is 0 Å². The highest BCUT2D eigenvalue weighted by atomic mass is 19.1. The Balaban J connectivity index is 3.00. The fraction of sp³-hybridized carbons (Fsp3) is 0.571. The predicted molar refractivity (Wildman–Crippen MR) is 36.7 cm³/mol. The van der Waals surface area contributed by atoms with E-state index < -0.39 is 0 Å². The summed E-state index contributed by atoms with van der Waals surface area (Å²) in [6.45, 7) is 3.01. The summed E-state index contributed by atoms with van der Waals surface area (Å²) in [6.07, 6.45) is 4.14. The molecule has 0 amide bonds. The average molecular weight is 129 g/mol. The molecule has 1 N–H and O–H groups in total. The molecule has 0 aliphatic heterocycles. The molecule has 9 heavy (non-hydrogen) atoms. The molecule has 0 aliphatic carbocycles. The van der Waals surface area contributed by atoms with Crippen LogP contribution in [0, 0.1) is 0 Å². The van der Waals surface area contributed by atoms with Gasteiger partial charge in [0.15, 0.2) is 0 Å². The van der Waals surface area contributed by atoms with Crippen molar-refractivity contribution in [1.29, 1.82) is 0 Å². The van der Waals surface area contributed by atoms with Crippen molar-refractivity contribution in [2.45, 2.75) is 19.8 Å². The Labute approximate surface area is 55.3 Å². The maximum atomic E-state index is 11.2. The van der Waals surface area contributed by atoms with Crippen LogP contribution in [0.25, 0.3) is 0 Å². The van der Waals surface area contributed by atoms with Gasteiger partial charge in [-0.1, -0.05) is 19.1 Å². The normalized spacial score (nSPS) is 7.78. The molecule has 0 unspecified atom stereocenters. The Morgan fingerprint density at radius 1 is 1.67 bits per heavy atom. The van der Waals surface area contributed by atoms with Gasteiger partial charge in [0.05, 0.1) is 0 Å². The first-order chi connectivity index (χ1) is 4.41. The average Bonchev–Trinajstić information content (AvgIpc) is 1.89. The third-order valence-corrected chi connectivity index (χ3v) is 0.923. The van der Waals surface area contributed by atoms with E-state index in [1.807, 2.05) is 0 Å². The lowest BCUT2D eigenvalue weighted by Gasteiger charge is -1.93. The first-order valence-electron chi connectivity index (χ1n) is 3.14. The molecule has 52 valence electrons. The molecule has 0 aromatic rings. The lowest BCUT2D eigenvalue weighted by atomic mass is 10.3. The minimum atomic E-state index is 0.388. The molecule has 0 bridgehead atoms. The van der Waals surface area contributed by atoms with E-state index in [0.29, 0.717) is 6.33 Å². The largest absolute Gasteiger partial charge is 0.385 e. The minimum absolute atomic E-state index is 0.388. The van der Waals surface area contributed by atoms with Crippen LogP contribution >= 0.6 is 0 Å². The van der Waals surface area contributed by atoms with Crippen molar-refractivity contribution in [2.75, 3.05) is 6.54 Å². The van der Waals surface area contributed by atoms with Gasteiger partial charge in [0.2, 0.25) is 0 Å². The third kappa shape index (κ3) is 7.25. The van der Waals surface area contributed by atoms with E-state index in [2.05, 4.69) is 18.0 Å². The zero-order chi connectivity index (χ0) is 6.95. The molecule has 0 aromatic carbocycles. The monoisotopic (exact) mass is 129 g/mol. The third-order valence-electron chi connectivity index (χ3n) is 0.923. The number of hydrogen-bond donors (Lipinski definition) is 1. The summed E-state index contributed by atoms with van der Waals surface area (Å²) < 4.78 is 11.2. The van der Waals surface area contributed by atoms with Crippen LogP contribution < -0.4 is 5.32 Å². The van der Waals surface area contributed by atoms with Crippen molar-refractivity contribution >= 4 is 0 Å². The van der Waals surface area contributed by atoms with E-state index in [9.17, 15) is 4.39 Å². The standard InChI is InChI=1S/C7H12FN/c1-2-3-6-9-7-4-5-8/h5,7,9H,2-3,6H2,1H3. The van der Waals surface area contributed by atoms with Crippen LogP contribution in [0.3, 0.4) is 0 Å². The minimum Gasteiger partial charge on any atom is -0.385 e. The van der Waals surface area contributed by atoms with Crippen LogP contribution in [-0.4, -0.2) is 6.54 Å². The van der Waals surface area contributed by atoms with Crippen LogP contribution in [-0.2, 0) is 0 Å². The molecule has 0 aromatic heterocycles. The Kier molecular flexibility index (Phi) is 6.65. The SMILES string of the molecule is CCCCNC=C=CF. The van der Waals surface area contributed by atoms with Gasteiger partial charge in [-0.15, -0.1) is 0 Å². The summed E-state index contributed by atoms with van der Waals surface area (Å²) in [5.74, 6) is 0. The Bertz CT molecular complexity index is 103. The van der Waals surface area contributed by atoms with Gasteiger partial charge < -0.3 is 5.32 Å². The van der Waals surface area contributed by atoms with Crippen molar-refractivity contribution in [3.8, 4) is 0 Å². The summed E-state index contributed by atoms with van der Waals surface area (Å²) in [5, 5.41) is 2.88. The van der Waals surface area contributed by atoms with E-state index in [-0.39, 0.29) is 0 Å². The fourth-order valence-corrected chi connectivity index (χ4v) is 0.441. The lowest BCUT2D eigenvalue weighted by Crippen LogP contribution is -2.04. The van der Waals surface area contributed by atoms with Crippen molar-refractivity contribution < 1.29 is 4.39 Å². The highest BCUT2D eigenvalue weighted by Crippen LogP contribution is 1.81. The first kappa shape index (κ1) is 8.25. The first-order valence-corrected chi connectivity index (χ1v) is 3.14. The van der Waals surface area contributed by atoms with E-state index in [0.717, 1.165) is 19.4 Å². The molecule has 0 saturated carbocycles. The van der Waals surface area contributed by atoms with Gasteiger partial charge in [-0.25, -0.2) is 4.39 Å². The van der Waals surface area contributed by atoms with Gasteiger partial charge in [-0.05, 0) is 6.42 Å². The molecule has 0 saturated heterocycles. The maximum Gasteiger partial charge on any atom is 0.130 e. The molecule has 1 nitrogen and oxygen atoms in total. The Morgan fingerprint density at radius 2 is 2.44 bits per heavy atom. The van der Waals surface area contributed by atoms with Crippen LogP contribution in [0.5, 0.6) is 0 Å². The molecule has 0 rings (SSSR count). The summed E-state index contributed by atoms with van der Waals surface area (Å²) in [7, 11) is 0. The van der Waals surface area contributed by atoms with Crippen LogP contribution in [0.4, 0.5) is 4.39 Å². The summed E-state index contributed by atoms with van der Waals surface area (Å²) >= 11 is 0. The van der Waals surface area contributed by atoms with E-state index in [4.69, 9.17) is 0 Å². The van der Waals surface area contributed by atoms with Gasteiger partial charge >= 0.3 is 0 Å². The Morgan fingerprint density at radius 3 is 3.00 bits per heavy atom. The van der Waals surface area contributed by atoms with Crippen LogP contribution in [0.15, 0.2) is 18.3 Å². The van der Waals surface area contributed by atoms with Crippen LogP contribution in [0.1, 0.15) is 19.8 Å². The molecule has 0 atom stereocenters. The van der Waals surface area contributed by atoms with Gasteiger partial charge in [0.25, 0.3) is 0 Å². The van der Waals surface area contributed by atoms with Crippen molar-refractivity contribution in [2.24, 2.45) is 0 Å². The number of nitrogens with one attached hydrogen (secondary N) is 1. The fourth-order valence-electron chi connectivity index (χ4n) is 0.441. The summed E-state index contributed by atoms with van der Waals surface area (Å²) in [5.41, 5.74) is 2.28. The quantitative estimate of drug-likeness (QED) is 0.452. The second-order valence-electron chi connectivity index (χ2n) is 1.73. The smallest absolute Gasteiger partial charge is 0.130 e. The van der Waals surface area contributed by atoms with Crippen molar-refractivity contribution in [3.05, 3.63) is 18.3 Å². The molecular formula is C7H12FN. The zero-order valence-electron chi connectivity index (χ0n) is 5.65. The second-order valence-corrected chi connectivity index (χ2v) is 1.73. The van der Waals surface area contributed by atoms with Crippen molar-refractivity contribution in [3.63, 3.8) is 0 Å². The van der Waals surface area contributed by atoms with Gasteiger partial charge in [0.1, 0.15) is 6.33 Å². The van der Waals surface area contributed by atoms with Gasteiger partial charge in [0, 0.05) is 12.7 Å². The molecule has 2 heteroatoms. The maximum absolute atomic E-state index is 11.2. The van der Waals surface area contributed by atoms with Crippen molar-refractivity contribution in [1.82, 2.24) is 5.32 Å². The number of rotatable bonds is 4. The summed E-state index contributed by atoms with van der Waals surface area (Å²) in [4.78, 5) is 0. The predicted octanol–water partition coefficient (Wildman–Crippen LogP) is 1.97. The van der Waals surface area contributed by atoms with E-state index >= 15 is 0 Å². The molecule has 0 fully saturated rings. The lowest BCUT2D eigenvalue weighted by molar-refractivity contribution is 0.716. The second kappa shape index (κ2) is 7.25. The number of hydrogen-bond acceptors (Lipinski definition) is 1. The number of halogens is 1.